The lowest BCUT2D eigenvalue weighted by Crippen LogP contribution is -2.28. The highest BCUT2D eigenvalue weighted by molar-refractivity contribution is 6.03. The molecule has 1 aromatic heterocycles. The Morgan fingerprint density at radius 2 is 2.00 bits per heavy atom. The van der Waals surface area contributed by atoms with E-state index in [2.05, 4.69) is 25.8 Å². The summed E-state index contributed by atoms with van der Waals surface area (Å²) in [6.07, 6.45) is 0. The lowest BCUT2D eigenvalue weighted by molar-refractivity contribution is 0.102. The number of amides is 3. The Hall–Kier alpha value is -2.90. The molecule has 8 heteroatoms. The smallest absolute Gasteiger partial charge is 0.312 e. The van der Waals surface area contributed by atoms with Gasteiger partial charge in [-0.25, -0.2) is 4.79 Å². The minimum absolute atomic E-state index is 0.229. The number of nitrogens with two attached hydrogens (primary N) is 1. The van der Waals surface area contributed by atoms with Crippen LogP contribution in [-0.4, -0.2) is 27.1 Å². The highest BCUT2D eigenvalue weighted by Crippen LogP contribution is 2.07. The summed E-state index contributed by atoms with van der Waals surface area (Å²) < 4.78 is 0. The molecule has 0 spiro atoms. The topological polar surface area (TPSA) is 126 Å². The summed E-state index contributed by atoms with van der Waals surface area (Å²) in [4.78, 5) is 26.5. The standard InChI is InChI=1S/C12H14N6O2/c1-7-15-12(18-17-7)16-10(19)9-4-2-8(3-5-9)6-14-11(13)20/h2-5H,6H2,1H3,(H3,13,14,20)(H2,15,16,17,18,19). The molecular formula is C12H14N6O2. The van der Waals surface area contributed by atoms with Crippen LogP contribution in [0, 0.1) is 6.92 Å². The number of hydrogen-bond acceptors (Lipinski definition) is 4. The quantitative estimate of drug-likeness (QED) is 0.648. The van der Waals surface area contributed by atoms with Crippen molar-refractivity contribution < 1.29 is 9.59 Å². The Morgan fingerprint density at radius 3 is 2.55 bits per heavy atom. The van der Waals surface area contributed by atoms with E-state index in [4.69, 9.17) is 5.73 Å². The van der Waals surface area contributed by atoms with E-state index in [1.165, 1.54) is 0 Å². The molecule has 20 heavy (non-hydrogen) atoms. The molecule has 2 aromatic rings. The number of nitrogens with one attached hydrogen (secondary N) is 3. The largest absolute Gasteiger partial charge is 0.352 e. The monoisotopic (exact) mass is 274 g/mol. The number of carbonyl (C=O) groups excluding carboxylic acids is 2. The number of anilines is 1. The summed E-state index contributed by atoms with van der Waals surface area (Å²) in [5.74, 6) is 0.540. The minimum atomic E-state index is -0.591. The molecule has 0 aliphatic carbocycles. The predicted molar refractivity (Wildman–Crippen MR) is 71.9 cm³/mol. The summed E-state index contributed by atoms with van der Waals surface area (Å²) >= 11 is 0. The maximum atomic E-state index is 11.9. The third kappa shape index (κ3) is 3.55. The van der Waals surface area contributed by atoms with Gasteiger partial charge in [0.2, 0.25) is 5.95 Å². The van der Waals surface area contributed by atoms with Gasteiger partial charge in [0, 0.05) is 12.1 Å². The summed E-state index contributed by atoms with van der Waals surface area (Å²) in [7, 11) is 0. The van der Waals surface area contributed by atoms with Crippen LogP contribution in [0.2, 0.25) is 0 Å². The van der Waals surface area contributed by atoms with E-state index in [1.807, 2.05) is 0 Å². The number of rotatable bonds is 4. The molecule has 1 aromatic carbocycles. The molecule has 5 N–H and O–H groups in total. The molecule has 0 fully saturated rings. The number of nitrogens with zero attached hydrogens (tertiary/aromatic N) is 2. The van der Waals surface area contributed by atoms with E-state index in [-0.39, 0.29) is 11.9 Å². The van der Waals surface area contributed by atoms with Crippen LogP contribution in [-0.2, 0) is 6.54 Å². The van der Waals surface area contributed by atoms with Crippen LogP contribution in [0.5, 0.6) is 0 Å². The Labute approximate surface area is 114 Å². The zero-order valence-electron chi connectivity index (χ0n) is 10.8. The molecule has 104 valence electrons. The highest BCUT2D eigenvalue weighted by Gasteiger charge is 2.08. The molecule has 0 saturated heterocycles. The van der Waals surface area contributed by atoms with Gasteiger partial charge in [-0.05, 0) is 24.6 Å². The Bertz CT molecular complexity index is 619. The number of H-pyrrole nitrogens is 1. The van der Waals surface area contributed by atoms with Crippen LogP contribution >= 0.6 is 0 Å². The van der Waals surface area contributed by atoms with Gasteiger partial charge in [0.1, 0.15) is 5.82 Å². The van der Waals surface area contributed by atoms with Gasteiger partial charge in [0.05, 0.1) is 0 Å². The van der Waals surface area contributed by atoms with Crippen LogP contribution in [0.25, 0.3) is 0 Å². The van der Waals surface area contributed by atoms with Gasteiger partial charge in [-0.3, -0.25) is 15.2 Å². The van der Waals surface area contributed by atoms with E-state index >= 15 is 0 Å². The minimum Gasteiger partial charge on any atom is -0.352 e. The maximum absolute atomic E-state index is 11.9. The van der Waals surface area contributed by atoms with Gasteiger partial charge >= 0.3 is 6.03 Å². The average Bonchev–Trinajstić information content (AvgIpc) is 2.82. The molecule has 0 unspecified atom stereocenters. The molecule has 0 radical (unpaired) electrons. The SMILES string of the molecule is Cc1nc(NC(=O)c2ccc(CNC(N)=O)cc2)n[nH]1. The molecule has 0 aliphatic rings. The third-order valence-corrected chi connectivity index (χ3v) is 2.51. The molecular weight excluding hydrogens is 260 g/mol. The number of hydrogen-bond donors (Lipinski definition) is 4. The second kappa shape index (κ2) is 5.83. The fourth-order valence-electron chi connectivity index (χ4n) is 1.54. The van der Waals surface area contributed by atoms with Crippen molar-refractivity contribution in [3.63, 3.8) is 0 Å². The average molecular weight is 274 g/mol. The van der Waals surface area contributed by atoms with E-state index in [9.17, 15) is 9.59 Å². The lowest BCUT2D eigenvalue weighted by atomic mass is 10.1. The van der Waals surface area contributed by atoms with Crippen LogP contribution in [0.3, 0.4) is 0 Å². The van der Waals surface area contributed by atoms with Gasteiger partial charge in [-0.15, -0.1) is 5.10 Å². The fourth-order valence-corrected chi connectivity index (χ4v) is 1.54. The number of aryl methyl sites for hydroxylation is 1. The normalized spacial score (nSPS) is 10.1. The van der Waals surface area contributed by atoms with Crippen LogP contribution in [0.1, 0.15) is 21.7 Å². The fraction of sp³-hybridized carbons (Fsp3) is 0.167. The molecule has 0 aliphatic heterocycles. The van der Waals surface area contributed by atoms with Crippen molar-refractivity contribution in [3.05, 3.63) is 41.2 Å². The summed E-state index contributed by atoms with van der Waals surface area (Å²) in [6, 6.07) is 6.16. The van der Waals surface area contributed by atoms with Crippen molar-refractivity contribution in [2.24, 2.45) is 5.73 Å². The van der Waals surface area contributed by atoms with Crippen LogP contribution in [0.4, 0.5) is 10.7 Å². The second-order valence-electron chi connectivity index (χ2n) is 4.11. The zero-order chi connectivity index (χ0) is 14.5. The van der Waals surface area contributed by atoms with Crippen molar-refractivity contribution in [2.75, 3.05) is 5.32 Å². The van der Waals surface area contributed by atoms with Gasteiger partial charge in [0.15, 0.2) is 0 Å². The number of aromatic nitrogens is 3. The number of primary amides is 1. The van der Waals surface area contributed by atoms with Gasteiger partial charge in [-0.2, -0.15) is 4.98 Å². The Morgan fingerprint density at radius 1 is 1.30 bits per heavy atom. The van der Waals surface area contributed by atoms with Gasteiger partial charge in [-0.1, -0.05) is 12.1 Å². The Kier molecular flexibility index (Phi) is 3.94. The lowest BCUT2D eigenvalue weighted by Gasteiger charge is -2.04. The molecule has 0 saturated carbocycles. The maximum Gasteiger partial charge on any atom is 0.312 e. The zero-order valence-corrected chi connectivity index (χ0v) is 10.8. The molecule has 3 amide bonds. The first kappa shape index (κ1) is 13.5. The summed E-state index contributed by atoms with van der Waals surface area (Å²) in [6.45, 7) is 2.06. The summed E-state index contributed by atoms with van der Waals surface area (Å²) in [5, 5.41) is 11.5. The van der Waals surface area contributed by atoms with Crippen molar-refractivity contribution in [1.82, 2.24) is 20.5 Å². The third-order valence-electron chi connectivity index (χ3n) is 2.51. The number of benzene rings is 1. The van der Waals surface area contributed by atoms with E-state index in [0.29, 0.717) is 17.9 Å². The molecule has 2 rings (SSSR count). The second-order valence-corrected chi connectivity index (χ2v) is 4.11. The first-order valence-electron chi connectivity index (χ1n) is 5.87. The molecule has 1 heterocycles. The highest BCUT2D eigenvalue weighted by atomic mass is 16.2. The molecule has 0 bridgehead atoms. The first-order chi connectivity index (χ1) is 9.54. The van der Waals surface area contributed by atoms with Gasteiger partial charge in [0.25, 0.3) is 5.91 Å². The number of aromatic amines is 1. The van der Waals surface area contributed by atoms with Crippen LogP contribution < -0.4 is 16.4 Å². The van der Waals surface area contributed by atoms with Gasteiger partial charge < -0.3 is 11.1 Å². The van der Waals surface area contributed by atoms with Crippen molar-refractivity contribution in [2.45, 2.75) is 13.5 Å². The summed E-state index contributed by atoms with van der Waals surface area (Å²) in [5.41, 5.74) is 6.28. The number of carbonyl (C=O) groups is 2. The van der Waals surface area contributed by atoms with E-state index in [0.717, 1.165) is 5.56 Å². The molecule has 0 atom stereocenters. The Balaban J connectivity index is 1.98. The number of urea groups is 1. The van der Waals surface area contributed by atoms with Crippen LogP contribution in [0.15, 0.2) is 24.3 Å². The van der Waals surface area contributed by atoms with Crippen molar-refractivity contribution in [3.8, 4) is 0 Å². The van der Waals surface area contributed by atoms with Crippen molar-refractivity contribution in [1.29, 1.82) is 0 Å². The van der Waals surface area contributed by atoms with E-state index < -0.39 is 6.03 Å². The van der Waals surface area contributed by atoms with Crippen molar-refractivity contribution >= 4 is 17.9 Å². The predicted octanol–water partition coefficient (Wildman–Crippen LogP) is 0.534. The van der Waals surface area contributed by atoms with E-state index in [1.54, 1.807) is 31.2 Å². The molecule has 8 nitrogen and oxygen atoms in total. The first-order valence-corrected chi connectivity index (χ1v) is 5.87.